The number of benzene rings is 2. The van der Waals surface area contributed by atoms with E-state index in [1.54, 1.807) is 6.07 Å². The molecule has 0 atom stereocenters. The van der Waals surface area contributed by atoms with Crippen molar-refractivity contribution in [2.24, 2.45) is 0 Å². The average molecular weight is 283 g/mol. The van der Waals surface area contributed by atoms with Crippen molar-refractivity contribution in [2.75, 3.05) is 20.2 Å². The molecule has 0 aliphatic carbocycles. The molecule has 0 radical (unpaired) electrons. The number of rotatable bonds is 7. The molecule has 0 fully saturated rings. The Bertz CT molecular complexity index is 566. The van der Waals surface area contributed by atoms with Gasteiger partial charge in [0.15, 0.2) is 0 Å². The molecule has 110 valence electrons. The maximum atomic E-state index is 11.5. The Hall–Kier alpha value is -2.13. The van der Waals surface area contributed by atoms with Gasteiger partial charge in [-0.25, -0.2) is 4.79 Å². The van der Waals surface area contributed by atoms with Crippen LogP contribution in [-0.2, 0) is 17.6 Å². The second-order valence-electron chi connectivity index (χ2n) is 4.93. The summed E-state index contributed by atoms with van der Waals surface area (Å²) in [6, 6.07) is 18.0. The highest BCUT2D eigenvalue weighted by Gasteiger charge is 2.05. The van der Waals surface area contributed by atoms with Crippen LogP contribution in [0.1, 0.15) is 21.5 Å². The van der Waals surface area contributed by atoms with E-state index in [9.17, 15) is 4.79 Å². The number of nitrogens with one attached hydrogen (secondary N) is 1. The zero-order chi connectivity index (χ0) is 14.9. The molecule has 2 rings (SSSR count). The first-order chi connectivity index (χ1) is 10.3. The Morgan fingerprint density at radius 1 is 0.952 bits per heavy atom. The standard InChI is InChI=1S/C18H21NO2/c1-21-18(20)17-9-5-8-16(14-17)11-13-19-12-10-15-6-3-2-4-7-15/h2-9,14,19H,10-13H2,1H3. The molecule has 0 saturated carbocycles. The van der Waals surface area contributed by atoms with Gasteiger partial charge in [0.05, 0.1) is 12.7 Å². The fourth-order valence-corrected chi connectivity index (χ4v) is 2.21. The topological polar surface area (TPSA) is 38.3 Å². The van der Waals surface area contributed by atoms with E-state index in [4.69, 9.17) is 4.74 Å². The molecule has 2 aromatic carbocycles. The molecule has 2 aromatic rings. The van der Waals surface area contributed by atoms with E-state index in [0.29, 0.717) is 5.56 Å². The molecule has 0 aliphatic heterocycles. The van der Waals surface area contributed by atoms with Crippen molar-refractivity contribution in [3.8, 4) is 0 Å². The molecule has 3 heteroatoms. The Morgan fingerprint density at radius 2 is 1.62 bits per heavy atom. The van der Waals surface area contributed by atoms with Crippen LogP contribution >= 0.6 is 0 Å². The van der Waals surface area contributed by atoms with Crippen LogP contribution in [0, 0.1) is 0 Å². The molecule has 0 heterocycles. The molecular weight excluding hydrogens is 262 g/mol. The lowest BCUT2D eigenvalue weighted by atomic mass is 10.1. The van der Waals surface area contributed by atoms with Crippen LogP contribution in [-0.4, -0.2) is 26.2 Å². The lowest BCUT2D eigenvalue weighted by Crippen LogP contribution is -2.20. The van der Waals surface area contributed by atoms with E-state index in [0.717, 1.165) is 31.5 Å². The van der Waals surface area contributed by atoms with Crippen LogP contribution in [0.5, 0.6) is 0 Å². The third-order valence-corrected chi connectivity index (χ3v) is 3.37. The third-order valence-electron chi connectivity index (χ3n) is 3.37. The third kappa shape index (κ3) is 5.04. The van der Waals surface area contributed by atoms with E-state index >= 15 is 0 Å². The number of carbonyl (C=O) groups excluding carboxylic acids is 1. The molecule has 1 N–H and O–H groups in total. The molecule has 0 aromatic heterocycles. The van der Waals surface area contributed by atoms with Crippen molar-refractivity contribution in [1.82, 2.24) is 5.32 Å². The molecule has 0 spiro atoms. The number of hydrogen-bond acceptors (Lipinski definition) is 3. The second kappa shape index (κ2) is 8.22. The van der Waals surface area contributed by atoms with Gasteiger partial charge in [-0.2, -0.15) is 0 Å². The van der Waals surface area contributed by atoms with Crippen LogP contribution in [0.4, 0.5) is 0 Å². The molecule has 21 heavy (non-hydrogen) atoms. The van der Waals surface area contributed by atoms with Crippen molar-refractivity contribution < 1.29 is 9.53 Å². The predicted molar refractivity (Wildman–Crippen MR) is 84.5 cm³/mol. The van der Waals surface area contributed by atoms with E-state index < -0.39 is 0 Å². The van der Waals surface area contributed by atoms with Crippen molar-refractivity contribution in [1.29, 1.82) is 0 Å². The lowest BCUT2D eigenvalue weighted by Gasteiger charge is -2.06. The van der Waals surface area contributed by atoms with Crippen LogP contribution < -0.4 is 5.32 Å². The summed E-state index contributed by atoms with van der Waals surface area (Å²) in [5.74, 6) is -0.283. The fourth-order valence-electron chi connectivity index (χ4n) is 2.21. The van der Waals surface area contributed by atoms with Gasteiger partial charge in [-0.15, -0.1) is 0 Å². The molecule has 0 unspecified atom stereocenters. The van der Waals surface area contributed by atoms with Gasteiger partial charge in [-0.05, 0) is 49.2 Å². The normalized spacial score (nSPS) is 10.3. The Balaban J connectivity index is 1.72. The van der Waals surface area contributed by atoms with Crippen molar-refractivity contribution in [3.63, 3.8) is 0 Å². The van der Waals surface area contributed by atoms with Crippen molar-refractivity contribution in [3.05, 3.63) is 71.3 Å². The SMILES string of the molecule is COC(=O)c1cccc(CCNCCc2ccccc2)c1. The maximum absolute atomic E-state index is 11.5. The van der Waals surface area contributed by atoms with Crippen molar-refractivity contribution >= 4 is 5.97 Å². The number of hydrogen-bond donors (Lipinski definition) is 1. The summed E-state index contributed by atoms with van der Waals surface area (Å²) < 4.78 is 4.73. The number of carbonyl (C=O) groups is 1. The van der Waals surface area contributed by atoms with Gasteiger partial charge in [-0.1, -0.05) is 42.5 Å². The fraction of sp³-hybridized carbons (Fsp3) is 0.278. The van der Waals surface area contributed by atoms with Gasteiger partial charge >= 0.3 is 5.97 Å². The highest BCUT2D eigenvalue weighted by Crippen LogP contribution is 2.07. The van der Waals surface area contributed by atoms with Gasteiger partial charge in [0.1, 0.15) is 0 Å². The maximum Gasteiger partial charge on any atom is 0.337 e. The van der Waals surface area contributed by atoms with Crippen LogP contribution in [0.2, 0.25) is 0 Å². The Kier molecular flexibility index (Phi) is 5.98. The van der Waals surface area contributed by atoms with E-state index in [1.165, 1.54) is 12.7 Å². The summed E-state index contributed by atoms with van der Waals surface area (Å²) in [5, 5.41) is 3.43. The van der Waals surface area contributed by atoms with Gasteiger partial charge in [0.25, 0.3) is 0 Å². The predicted octanol–water partition coefficient (Wildman–Crippen LogP) is 2.85. The Labute approximate surface area is 126 Å². The van der Waals surface area contributed by atoms with E-state index in [-0.39, 0.29) is 5.97 Å². The van der Waals surface area contributed by atoms with Crippen molar-refractivity contribution in [2.45, 2.75) is 12.8 Å². The quantitative estimate of drug-likeness (QED) is 0.627. The van der Waals surface area contributed by atoms with Crippen LogP contribution in [0.3, 0.4) is 0 Å². The summed E-state index contributed by atoms with van der Waals surface area (Å²) >= 11 is 0. The molecule has 3 nitrogen and oxygen atoms in total. The molecule has 0 saturated heterocycles. The van der Waals surface area contributed by atoms with Gasteiger partial charge in [-0.3, -0.25) is 0 Å². The summed E-state index contributed by atoms with van der Waals surface area (Å²) in [7, 11) is 1.40. The van der Waals surface area contributed by atoms with Gasteiger partial charge in [0, 0.05) is 0 Å². The molecule has 0 aliphatic rings. The highest BCUT2D eigenvalue weighted by molar-refractivity contribution is 5.89. The average Bonchev–Trinajstić information content (AvgIpc) is 2.55. The van der Waals surface area contributed by atoms with Crippen LogP contribution in [0.25, 0.3) is 0 Å². The number of esters is 1. The minimum atomic E-state index is -0.283. The van der Waals surface area contributed by atoms with Gasteiger partial charge in [0.2, 0.25) is 0 Å². The summed E-state index contributed by atoms with van der Waals surface area (Å²) in [4.78, 5) is 11.5. The smallest absolute Gasteiger partial charge is 0.337 e. The highest BCUT2D eigenvalue weighted by atomic mass is 16.5. The monoisotopic (exact) mass is 283 g/mol. The van der Waals surface area contributed by atoms with Gasteiger partial charge < -0.3 is 10.1 Å². The summed E-state index contributed by atoms with van der Waals surface area (Å²) in [6.07, 6.45) is 1.93. The first kappa shape index (κ1) is 15.3. The number of methoxy groups -OCH3 is 1. The first-order valence-corrected chi connectivity index (χ1v) is 7.21. The summed E-state index contributed by atoms with van der Waals surface area (Å²) in [5.41, 5.74) is 3.10. The van der Waals surface area contributed by atoms with E-state index in [2.05, 4.69) is 29.6 Å². The zero-order valence-corrected chi connectivity index (χ0v) is 12.3. The minimum absolute atomic E-state index is 0.283. The molecule has 0 bridgehead atoms. The zero-order valence-electron chi connectivity index (χ0n) is 12.3. The summed E-state index contributed by atoms with van der Waals surface area (Å²) in [6.45, 7) is 1.86. The first-order valence-electron chi connectivity index (χ1n) is 7.21. The Morgan fingerprint density at radius 3 is 2.33 bits per heavy atom. The lowest BCUT2D eigenvalue weighted by molar-refractivity contribution is 0.0600. The van der Waals surface area contributed by atoms with Crippen LogP contribution in [0.15, 0.2) is 54.6 Å². The minimum Gasteiger partial charge on any atom is -0.465 e. The van der Waals surface area contributed by atoms with E-state index in [1.807, 2.05) is 24.3 Å². The largest absolute Gasteiger partial charge is 0.465 e. The number of ether oxygens (including phenoxy) is 1. The molecule has 0 amide bonds. The molecular formula is C18H21NO2. The second-order valence-corrected chi connectivity index (χ2v) is 4.93.